The van der Waals surface area contributed by atoms with Crippen LogP contribution in [0.5, 0.6) is 0 Å². The molecule has 1 aromatic heterocycles. The summed E-state index contributed by atoms with van der Waals surface area (Å²) in [7, 11) is 0. The van der Waals surface area contributed by atoms with Gasteiger partial charge in [0.2, 0.25) is 5.91 Å². The van der Waals surface area contributed by atoms with Gasteiger partial charge in [0.1, 0.15) is 0 Å². The van der Waals surface area contributed by atoms with E-state index < -0.39 is 23.3 Å². The zero-order chi connectivity index (χ0) is 22.6. The summed E-state index contributed by atoms with van der Waals surface area (Å²) in [4.78, 5) is 12.4. The van der Waals surface area contributed by atoms with Crippen molar-refractivity contribution in [3.63, 3.8) is 0 Å². The van der Waals surface area contributed by atoms with Crippen molar-refractivity contribution >= 4 is 35.0 Å². The molecule has 0 unspecified atom stereocenters. The molecule has 1 N–H and O–H groups in total. The zero-order valence-corrected chi connectivity index (χ0v) is 18.4. The van der Waals surface area contributed by atoms with Gasteiger partial charge in [-0.05, 0) is 31.5 Å². The monoisotopic (exact) mass is 468 g/mol. The number of halogens is 4. The molecule has 10 heteroatoms. The molecule has 0 radical (unpaired) electrons. The number of alkyl halides is 3. The predicted molar refractivity (Wildman–Crippen MR) is 116 cm³/mol. The minimum atomic E-state index is -4.63. The van der Waals surface area contributed by atoms with E-state index in [0.717, 1.165) is 35.4 Å². The summed E-state index contributed by atoms with van der Waals surface area (Å²) < 4.78 is 41.6. The number of hydrogen-bond donors (Lipinski definition) is 1. The molecule has 0 aliphatic rings. The molecule has 3 aromatic rings. The van der Waals surface area contributed by atoms with E-state index in [0.29, 0.717) is 17.5 Å². The number of aryl methyl sites for hydroxylation is 1. The first-order valence-corrected chi connectivity index (χ1v) is 10.9. The summed E-state index contributed by atoms with van der Waals surface area (Å²) in [6.07, 6.45) is -3.81. The van der Waals surface area contributed by atoms with Gasteiger partial charge in [-0.1, -0.05) is 60.1 Å². The molecule has 0 atom stereocenters. The third-order valence-corrected chi connectivity index (χ3v) is 5.64. The van der Waals surface area contributed by atoms with E-state index in [-0.39, 0.29) is 10.8 Å². The number of aromatic nitrogens is 3. The molecule has 0 fully saturated rings. The standard InChI is InChI=1S/C21H20ClF3N4OS/c1-3-10-29-19(14-7-4-6-13(2)11-14)27-28-20(29)31-12-17(30)26-18-15(21(23,24)25)8-5-9-16(18)22/h4-9,11H,3,10,12H2,1-2H3,(H,26,30). The number of nitrogens with one attached hydrogen (secondary N) is 1. The third-order valence-electron chi connectivity index (χ3n) is 4.36. The number of nitrogens with zero attached hydrogens (tertiary/aromatic N) is 3. The van der Waals surface area contributed by atoms with Gasteiger partial charge in [-0.3, -0.25) is 4.79 Å². The van der Waals surface area contributed by atoms with Crippen LogP contribution in [0.2, 0.25) is 5.02 Å². The van der Waals surface area contributed by atoms with Gasteiger partial charge >= 0.3 is 6.18 Å². The Morgan fingerprint density at radius 2 is 1.94 bits per heavy atom. The molecule has 0 aliphatic carbocycles. The van der Waals surface area contributed by atoms with Crippen LogP contribution in [0.15, 0.2) is 47.6 Å². The highest BCUT2D eigenvalue weighted by atomic mass is 35.5. The second-order valence-corrected chi connectivity index (χ2v) is 8.17. The highest BCUT2D eigenvalue weighted by molar-refractivity contribution is 7.99. The topological polar surface area (TPSA) is 59.8 Å². The Hall–Kier alpha value is -2.52. The lowest BCUT2D eigenvalue weighted by molar-refractivity contribution is -0.137. The molecule has 164 valence electrons. The van der Waals surface area contributed by atoms with Crippen LogP contribution in [0.3, 0.4) is 0 Å². The molecule has 0 saturated heterocycles. The summed E-state index contributed by atoms with van der Waals surface area (Å²) in [5, 5.41) is 11.1. The maximum atomic E-state index is 13.2. The average molecular weight is 469 g/mol. The second-order valence-electron chi connectivity index (χ2n) is 6.82. The number of amides is 1. The summed E-state index contributed by atoms with van der Waals surface area (Å²) in [5.74, 6) is -0.0799. The smallest absolute Gasteiger partial charge is 0.324 e. The molecular weight excluding hydrogens is 449 g/mol. The van der Waals surface area contributed by atoms with Crippen LogP contribution in [0.4, 0.5) is 18.9 Å². The Bertz CT molecular complexity index is 1080. The fourth-order valence-corrected chi connectivity index (χ4v) is 4.00. The summed E-state index contributed by atoms with van der Waals surface area (Å²) >= 11 is 7.01. The molecule has 1 amide bonds. The van der Waals surface area contributed by atoms with Gasteiger partial charge in [-0.15, -0.1) is 10.2 Å². The largest absolute Gasteiger partial charge is 0.418 e. The van der Waals surface area contributed by atoms with Crippen molar-refractivity contribution < 1.29 is 18.0 Å². The van der Waals surface area contributed by atoms with E-state index >= 15 is 0 Å². The van der Waals surface area contributed by atoms with Crippen LogP contribution in [-0.2, 0) is 17.5 Å². The molecule has 0 saturated carbocycles. The minimum absolute atomic E-state index is 0.141. The number of rotatable bonds is 7. The lowest BCUT2D eigenvalue weighted by Crippen LogP contribution is -2.19. The Balaban J connectivity index is 1.77. The first-order chi connectivity index (χ1) is 14.7. The summed E-state index contributed by atoms with van der Waals surface area (Å²) in [5.41, 5.74) is 0.549. The van der Waals surface area contributed by atoms with Crippen molar-refractivity contribution in [2.45, 2.75) is 38.1 Å². The van der Waals surface area contributed by atoms with Crippen molar-refractivity contribution in [1.29, 1.82) is 0 Å². The van der Waals surface area contributed by atoms with Crippen molar-refractivity contribution in [3.8, 4) is 11.4 Å². The number of thioether (sulfide) groups is 1. The summed E-state index contributed by atoms with van der Waals surface area (Å²) in [6.45, 7) is 4.63. The quantitative estimate of drug-likeness (QED) is 0.428. The number of anilines is 1. The van der Waals surface area contributed by atoms with E-state index in [9.17, 15) is 18.0 Å². The van der Waals surface area contributed by atoms with E-state index in [1.54, 1.807) is 0 Å². The van der Waals surface area contributed by atoms with Gasteiger partial charge in [-0.2, -0.15) is 13.2 Å². The van der Waals surface area contributed by atoms with Gasteiger partial charge in [0, 0.05) is 12.1 Å². The van der Waals surface area contributed by atoms with Gasteiger partial charge < -0.3 is 9.88 Å². The summed E-state index contributed by atoms with van der Waals surface area (Å²) in [6, 6.07) is 11.2. The first-order valence-electron chi connectivity index (χ1n) is 9.49. The minimum Gasteiger partial charge on any atom is -0.324 e. The fraction of sp³-hybridized carbons (Fsp3) is 0.286. The van der Waals surface area contributed by atoms with Gasteiger partial charge in [0.15, 0.2) is 11.0 Å². The number of carbonyl (C=O) groups is 1. The van der Waals surface area contributed by atoms with Gasteiger partial charge in [0.25, 0.3) is 0 Å². The molecule has 5 nitrogen and oxygen atoms in total. The average Bonchev–Trinajstić information content (AvgIpc) is 3.10. The molecule has 3 rings (SSSR count). The maximum Gasteiger partial charge on any atom is 0.418 e. The van der Waals surface area contributed by atoms with Crippen molar-refractivity contribution in [3.05, 3.63) is 58.6 Å². The molecule has 31 heavy (non-hydrogen) atoms. The van der Waals surface area contributed by atoms with Crippen molar-refractivity contribution in [2.75, 3.05) is 11.1 Å². The van der Waals surface area contributed by atoms with E-state index in [1.807, 2.05) is 42.7 Å². The van der Waals surface area contributed by atoms with Crippen LogP contribution in [0.25, 0.3) is 11.4 Å². The predicted octanol–water partition coefficient (Wildman–Crippen LogP) is 6.07. The SMILES string of the molecule is CCCn1c(SCC(=O)Nc2c(Cl)cccc2C(F)(F)F)nnc1-c1cccc(C)c1. The third kappa shape index (κ3) is 5.59. The number of para-hydroxylation sites is 1. The second kappa shape index (κ2) is 9.74. The van der Waals surface area contributed by atoms with E-state index in [2.05, 4.69) is 15.5 Å². The van der Waals surface area contributed by atoms with Crippen molar-refractivity contribution in [2.24, 2.45) is 0 Å². The highest BCUT2D eigenvalue weighted by Crippen LogP contribution is 2.38. The van der Waals surface area contributed by atoms with Crippen LogP contribution in [0.1, 0.15) is 24.5 Å². The Kier molecular flexibility index (Phi) is 7.27. The fourth-order valence-electron chi connectivity index (χ4n) is 3.01. The number of carbonyl (C=O) groups excluding carboxylic acids is 1. The number of hydrogen-bond acceptors (Lipinski definition) is 4. The maximum absolute atomic E-state index is 13.2. The van der Waals surface area contributed by atoms with E-state index in [4.69, 9.17) is 11.6 Å². The van der Waals surface area contributed by atoms with Crippen LogP contribution in [-0.4, -0.2) is 26.4 Å². The lowest BCUT2D eigenvalue weighted by atomic mass is 10.1. The Morgan fingerprint density at radius 3 is 2.61 bits per heavy atom. The van der Waals surface area contributed by atoms with Crippen LogP contribution in [0, 0.1) is 6.92 Å². The molecule has 0 spiro atoms. The lowest BCUT2D eigenvalue weighted by Gasteiger charge is -2.15. The number of benzene rings is 2. The molecule has 1 heterocycles. The molecule has 0 bridgehead atoms. The van der Waals surface area contributed by atoms with Crippen LogP contribution < -0.4 is 5.32 Å². The van der Waals surface area contributed by atoms with E-state index in [1.165, 1.54) is 12.1 Å². The zero-order valence-electron chi connectivity index (χ0n) is 16.8. The molecule has 0 aliphatic heterocycles. The molecular formula is C21H20ClF3N4OS. The first kappa shape index (κ1) is 23.1. The molecule has 2 aromatic carbocycles. The highest BCUT2D eigenvalue weighted by Gasteiger charge is 2.34. The van der Waals surface area contributed by atoms with Crippen molar-refractivity contribution in [1.82, 2.24) is 14.8 Å². The van der Waals surface area contributed by atoms with Gasteiger partial charge in [0.05, 0.1) is 22.0 Å². The Morgan fingerprint density at radius 1 is 1.19 bits per heavy atom. The normalized spacial score (nSPS) is 11.5. The van der Waals surface area contributed by atoms with Crippen LogP contribution >= 0.6 is 23.4 Å². The van der Waals surface area contributed by atoms with Gasteiger partial charge in [-0.25, -0.2) is 0 Å². The Labute approximate surface area is 187 Å².